The zero-order valence-corrected chi connectivity index (χ0v) is 12.6. The Hall–Kier alpha value is -1.29. The molecule has 0 aromatic carbocycles. The number of amides is 1. The molecule has 1 amide bonds. The van der Waals surface area contributed by atoms with Crippen LogP contribution in [0.3, 0.4) is 0 Å². The van der Waals surface area contributed by atoms with Crippen molar-refractivity contribution in [1.29, 1.82) is 0 Å². The van der Waals surface area contributed by atoms with E-state index in [-0.39, 0.29) is 11.9 Å². The Labute approximate surface area is 121 Å². The molecule has 1 aromatic heterocycles. The molecular weight excluding hydrogens is 252 g/mol. The average molecular weight is 278 g/mol. The first kappa shape index (κ1) is 15.1. The van der Waals surface area contributed by atoms with Gasteiger partial charge >= 0.3 is 0 Å². The molecule has 0 aliphatic heterocycles. The van der Waals surface area contributed by atoms with Crippen LogP contribution in [0.4, 0.5) is 0 Å². The van der Waals surface area contributed by atoms with E-state index < -0.39 is 0 Å². The normalized spacial score (nSPS) is 17.6. The van der Waals surface area contributed by atoms with Gasteiger partial charge in [-0.2, -0.15) is 0 Å². The van der Waals surface area contributed by atoms with Crippen molar-refractivity contribution in [2.45, 2.75) is 44.6 Å². The lowest BCUT2D eigenvalue weighted by atomic mass is 10.0. The summed E-state index contributed by atoms with van der Waals surface area (Å²) in [5.74, 6) is 1.83. The first-order chi connectivity index (χ1) is 9.66. The number of nitrogens with zero attached hydrogens (tertiary/aromatic N) is 1. The SMILES string of the molecule is CN(C)C(CNC(=O)CCC1CCCC1)c1ccco1. The van der Waals surface area contributed by atoms with E-state index in [1.54, 1.807) is 6.26 Å². The molecule has 1 aromatic rings. The number of carbonyl (C=O) groups excluding carboxylic acids is 1. The van der Waals surface area contributed by atoms with Gasteiger partial charge in [0.1, 0.15) is 5.76 Å². The van der Waals surface area contributed by atoms with Crippen LogP contribution in [0.2, 0.25) is 0 Å². The fourth-order valence-corrected chi connectivity index (χ4v) is 2.95. The van der Waals surface area contributed by atoms with Gasteiger partial charge in [-0.1, -0.05) is 25.7 Å². The fraction of sp³-hybridized carbons (Fsp3) is 0.688. The number of hydrogen-bond acceptors (Lipinski definition) is 3. The fourth-order valence-electron chi connectivity index (χ4n) is 2.95. The summed E-state index contributed by atoms with van der Waals surface area (Å²) in [6, 6.07) is 3.93. The van der Waals surface area contributed by atoms with E-state index in [0.29, 0.717) is 13.0 Å². The third-order valence-corrected chi connectivity index (χ3v) is 4.24. The van der Waals surface area contributed by atoms with Gasteiger partial charge in [0.2, 0.25) is 5.91 Å². The maximum absolute atomic E-state index is 11.9. The monoisotopic (exact) mass is 278 g/mol. The minimum Gasteiger partial charge on any atom is -0.468 e. The summed E-state index contributed by atoms with van der Waals surface area (Å²) in [6.07, 6.45) is 8.66. The number of furan rings is 1. The molecule has 0 radical (unpaired) electrons. The molecule has 20 heavy (non-hydrogen) atoms. The Balaban J connectivity index is 1.73. The van der Waals surface area contributed by atoms with Gasteiger partial charge in [-0.3, -0.25) is 9.69 Å². The Bertz CT molecular complexity index is 395. The molecule has 1 fully saturated rings. The lowest BCUT2D eigenvalue weighted by Crippen LogP contribution is -2.34. The van der Waals surface area contributed by atoms with E-state index in [1.165, 1.54) is 25.7 Å². The number of likely N-dealkylation sites (N-methyl/N-ethyl adjacent to an activating group) is 1. The quantitative estimate of drug-likeness (QED) is 0.834. The predicted octanol–water partition coefficient (Wildman–Crippen LogP) is 2.97. The smallest absolute Gasteiger partial charge is 0.220 e. The number of hydrogen-bond donors (Lipinski definition) is 1. The van der Waals surface area contributed by atoms with Gasteiger partial charge in [0.05, 0.1) is 12.3 Å². The molecule has 0 spiro atoms. The molecular formula is C16H26N2O2. The molecule has 4 heteroatoms. The van der Waals surface area contributed by atoms with Gasteiger partial charge in [-0.05, 0) is 38.6 Å². The molecule has 2 rings (SSSR count). The maximum atomic E-state index is 11.9. The molecule has 1 saturated carbocycles. The van der Waals surface area contributed by atoms with Crippen LogP contribution in [0.5, 0.6) is 0 Å². The third kappa shape index (κ3) is 4.37. The van der Waals surface area contributed by atoms with Gasteiger partial charge in [-0.15, -0.1) is 0 Å². The largest absolute Gasteiger partial charge is 0.468 e. The van der Waals surface area contributed by atoms with Gasteiger partial charge in [0.25, 0.3) is 0 Å². The van der Waals surface area contributed by atoms with E-state index in [1.807, 2.05) is 26.2 Å². The number of rotatable bonds is 7. The molecule has 1 unspecified atom stereocenters. The zero-order valence-electron chi connectivity index (χ0n) is 12.6. The van der Waals surface area contributed by atoms with Crippen LogP contribution in [0.1, 0.15) is 50.3 Å². The standard InChI is InChI=1S/C16H26N2O2/c1-18(2)14(15-8-5-11-20-15)12-17-16(19)10-9-13-6-3-4-7-13/h5,8,11,13-14H,3-4,6-7,9-10,12H2,1-2H3,(H,17,19). The second-order valence-electron chi connectivity index (χ2n) is 5.99. The molecule has 0 bridgehead atoms. The summed E-state index contributed by atoms with van der Waals surface area (Å²) in [4.78, 5) is 14.0. The Morgan fingerprint density at radius 2 is 2.20 bits per heavy atom. The first-order valence-electron chi connectivity index (χ1n) is 7.63. The van der Waals surface area contributed by atoms with Crippen LogP contribution in [0.15, 0.2) is 22.8 Å². The van der Waals surface area contributed by atoms with Crippen LogP contribution < -0.4 is 5.32 Å². The van der Waals surface area contributed by atoms with E-state index in [0.717, 1.165) is 18.1 Å². The van der Waals surface area contributed by atoms with Crippen LogP contribution in [-0.2, 0) is 4.79 Å². The van der Waals surface area contributed by atoms with Crippen LogP contribution >= 0.6 is 0 Å². The number of nitrogens with one attached hydrogen (secondary N) is 1. The predicted molar refractivity (Wildman–Crippen MR) is 79.3 cm³/mol. The van der Waals surface area contributed by atoms with Crippen molar-refractivity contribution in [2.75, 3.05) is 20.6 Å². The van der Waals surface area contributed by atoms with Gasteiger partial charge in [0.15, 0.2) is 0 Å². The van der Waals surface area contributed by atoms with E-state index in [4.69, 9.17) is 4.42 Å². The highest BCUT2D eigenvalue weighted by atomic mass is 16.3. The summed E-state index contributed by atoms with van der Waals surface area (Å²) in [5.41, 5.74) is 0. The molecule has 4 nitrogen and oxygen atoms in total. The third-order valence-electron chi connectivity index (χ3n) is 4.24. The second kappa shape index (κ2) is 7.48. The minimum absolute atomic E-state index is 0.0976. The van der Waals surface area contributed by atoms with Crippen molar-refractivity contribution in [3.8, 4) is 0 Å². The van der Waals surface area contributed by atoms with Crippen LogP contribution in [-0.4, -0.2) is 31.4 Å². The van der Waals surface area contributed by atoms with Gasteiger partial charge in [0, 0.05) is 13.0 Å². The van der Waals surface area contributed by atoms with Crippen LogP contribution in [0, 0.1) is 5.92 Å². The molecule has 1 heterocycles. The molecule has 1 atom stereocenters. The van der Waals surface area contributed by atoms with Crippen molar-refractivity contribution >= 4 is 5.91 Å². The summed E-state index contributed by atoms with van der Waals surface area (Å²) >= 11 is 0. The summed E-state index contributed by atoms with van der Waals surface area (Å²) in [7, 11) is 4.00. The van der Waals surface area contributed by atoms with Crippen molar-refractivity contribution < 1.29 is 9.21 Å². The summed E-state index contributed by atoms with van der Waals surface area (Å²) in [6.45, 7) is 0.601. The number of carbonyl (C=O) groups is 1. The highest BCUT2D eigenvalue weighted by Gasteiger charge is 2.19. The maximum Gasteiger partial charge on any atom is 0.220 e. The first-order valence-corrected chi connectivity index (χ1v) is 7.63. The van der Waals surface area contributed by atoms with Crippen LogP contribution in [0.25, 0.3) is 0 Å². The van der Waals surface area contributed by atoms with E-state index in [2.05, 4.69) is 10.2 Å². The van der Waals surface area contributed by atoms with Crippen molar-refractivity contribution in [1.82, 2.24) is 10.2 Å². The summed E-state index contributed by atoms with van der Waals surface area (Å²) in [5, 5.41) is 3.04. The second-order valence-corrected chi connectivity index (χ2v) is 5.99. The van der Waals surface area contributed by atoms with E-state index in [9.17, 15) is 4.79 Å². The Morgan fingerprint density at radius 1 is 1.45 bits per heavy atom. The minimum atomic E-state index is 0.0976. The molecule has 0 saturated heterocycles. The van der Waals surface area contributed by atoms with Crippen molar-refractivity contribution in [3.05, 3.63) is 24.2 Å². The van der Waals surface area contributed by atoms with Gasteiger partial charge < -0.3 is 9.73 Å². The van der Waals surface area contributed by atoms with Crippen molar-refractivity contribution in [3.63, 3.8) is 0 Å². The van der Waals surface area contributed by atoms with E-state index >= 15 is 0 Å². The molecule has 1 aliphatic rings. The highest BCUT2D eigenvalue weighted by Crippen LogP contribution is 2.28. The Kier molecular flexibility index (Phi) is 5.65. The lowest BCUT2D eigenvalue weighted by molar-refractivity contribution is -0.121. The van der Waals surface area contributed by atoms with Crippen molar-refractivity contribution in [2.24, 2.45) is 5.92 Å². The molecule has 1 N–H and O–H groups in total. The lowest BCUT2D eigenvalue weighted by Gasteiger charge is -2.22. The molecule has 112 valence electrons. The zero-order chi connectivity index (χ0) is 14.4. The molecule has 1 aliphatic carbocycles. The Morgan fingerprint density at radius 3 is 2.80 bits per heavy atom. The van der Waals surface area contributed by atoms with Gasteiger partial charge in [-0.25, -0.2) is 0 Å². The topological polar surface area (TPSA) is 45.5 Å². The summed E-state index contributed by atoms with van der Waals surface area (Å²) < 4.78 is 5.44. The average Bonchev–Trinajstić information content (AvgIpc) is 3.09. The highest BCUT2D eigenvalue weighted by molar-refractivity contribution is 5.75.